The van der Waals surface area contributed by atoms with Gasteiger partial charge in [-0.25, -0.2) is 4.79 Å². The van der Waals surface area contributed by atoms with Gasteiger partial charge in [0.05, 0.1) is 6.10 Å². The summed E-state index contributed by atoms with van der Waals surface area (Å²) in [6.07, 6.45) is -4.48. The second-order valence-corrected chi connectivity index (χ2v) is 4.87. The van der Waals surface area contributed by atoms with E-state index in [9.17, 15) is 23.1 Å². The molecule has 0 rings (SSSR count). The first-order valence-electron chi connectivity index (χ1n) is 5.28. The smallest absolute Gasteiger partial charge is 0.393 e. The molecule has 0 heterocycles. The lowest BCUT2D eigenvalue weighted by Crippen LogP contribution is -2.44. The molecule has 0 saturated carbocycles. The minimum absolute atomic E-state index is 0.196. The van der Waals surface area contributed by atoms with Gasteiger partial charge in [-0.3, -0.25) is 0 Å². The number of nitrogens with one attached hydrogen (secondary N) is 2. The van der Waals surface area contributed by atoms with Gasteiger partial charge in [0.1, 0.15) is 6.54 Å². The molecule has 1 atom stereocenters. The first kappa shape index (κ1) is 16.0. The van der Waals surface area contributed by atoms with Crippen molar-refractivity contribution in [3.63, 3.8) is 0 Å². The fraction of sp³-hybridized carbons (Fsp3) is 0.900. The van der Waals surface area contributed by atoms with Crippen molar-refractivity contribution < 1.29 is 23.1 Å². The van der Waals surface area contributed by atoms with Crippen LogP contribution in [0.25, 0.3) is 0 Å². The van der Waals surface area contributed by atoms with Crippen molar-refractivity contribution in [2.45, 2.75) is 39.5 Å². The number of halogens is 3. The summed E-state index contributed by atoms with van der Waals surface area (Å²) >= 11 is 0. The van der Waals surface area contributed by atoms with Crippen LogP contribution in [-0.4, -0.2) is 36.5 Å². The Kier molecular flexibility index (Phi) is 5.74. The Balaban J connectivity index is 3.91. The van der Waals surface area contributed by atoms with E-state index in [-0.39, 0.29) is 12.0 Å². The van der Waals surface area contributed by atoms with Crippen LogP contribution in [0.4, 0.5) is 18.0 Å². The number of amides is 2. The molecule has 1 unspecified atom stereocenters. The third kappa shape index (κ3) is 9.92. The van der Waals surface area contributed by atoms with E-state index in [1.165, 1.54) is 0 Å². The highest BCUT2D eigenvalue weighted by atomic mass is 19.4. The quantitative estimate of drug-likeness (QED) is 0.700. The number of rotatable bonds is 5. The van der Waals surface area contributed by atoms with Gasteiger partial charge >= 0.3 is 12.2 Å². The van der Waals surface area contributed by atoms with Crippen molar-refractivity contribution in [3.8, 4) is 0 Å². The van der Waals surface area contributed by atoms with Crippen LogP contribution in [0, 0.1) is 5.41 Å². The summed E-state index contributed by atoms with van der Waals surface area (Å²) in [6.45, 7) is 4.08. The van der Waals surface area contributed by atoms with Crippen molar-refractivity contribution >= 4 is 6.03 Å². The number of carbonyl (C=O) groups is 1. The van der Waals surface area contributed by atoms with E-state index in [0.717, 1.165) is 0 Å². The highest BCUT2D eigenvalue weighted by Gasteiger charge is 2.28. The van der Waals surface area contributed by atoms with Crippen LogP contribution < -0.4 is 10.6 Å². The molecule has 17 heavy (non-hydrogen) atoms. The Hall–Kier alpha value is -0.980. The highest BCUT2D eigenvalue weighted by Crippen LogP contribution is 2.20. The molecular formula is C10H19F3N2O2. The van der Waals surface area contributed by atoms with E-state index in [2.05, 4.69) is 5.32 Å². The summed E-state index contributed by atoms with van der Waals surface area (Å²) in [5.41, 5.74) is -0.371. The summed E-state index contributed by atoms with van der Waals surface area (Å²) in [6, 6.07) is -0.860. The lowest BCUT2D eigenvalue weighted by Gasteiger charge is -2.26. The molecule has 102 valence electrons. The average molecular weight is 256 g/mol. The van der Waals surface area contributed by atoms with Crippen molar-refractivity contribution in [2.75, 3.05) is 13.1 Å². The molecule has 0 aromatic heterocycles. The molecule has 0 aliphatic rings. The summed E-state index contributed by atoms with van der Waals surface area (Å²) in [5.74, 6) is 0. The van der Waals surface area contributed by atoms with E-state index in [1.807, 2.05) is 13.8 Å². The van der Waals surface area contributed by atoms with Gasteiger partial charge in [-0.05, 0) is 18.8 Å². The standard InChI is InChI=1S/C10H19F3N2O2/c1-7(16)4-9(2,3)5-14-8(17)15-6-10(11,12)13/h7,16H,4-6H2,1-3H3,(H2,14,15,17). The zero-order chi connectivity index (χ0) is 13.7. The molecule has 4 nitrogen and oxygen atoms in total. The van der Waals surface area contributed by atoms with Crippen LogP contribution in [0.3, 0.4) is 0 Å². The van der Waals surface area contributed by atoms with E-state index < -0.39 is 24.9 Å². The summed E-state index contributed by atoms with van der Waals surface area (Å²) in [7, 11) is 0. The normalized spacial score (nSPS) is 14.3. The molecular weight excluding hydrogens is 237 g/mol. The average Bonchev–Trinajstić information content (AvgIpc) is 2.08. The number of hydrogen-bond acceptors (Lipinski definition) is 2. The topological polar surface area (TPSA) is 61.4 Å². The van der Waals surface area contributed by atoms with Crippen LogP contribution >= 0.6 is 0 Å². The van der Waals surface area contributed by atoms with Crippen molar-refractivity contribution in [2.24, 2.45) is 5.41 Å². The fourth-order valence-electron chi connectivity index (χ4n) is 1.43. The molecule has 2 amide bonds. The fourth-order valence-corrected chi connectivity index (χ4v) is 1.43. The first-order valence-corrected chi connectivity index (χ1v) is 5.28. The van der Waals surface area contributed by atoms with Crippen molar-refractivity contribution in [3.05, 3.63) is 0 Å². The number of urea groups is 1. The van der Waals surface area contributed by atoms with Crippen LogP contribution in [0.2, 0.25) is 0 Å². The number of hydrogen-bond donors (Lipinski definition) is 3. The lowest BCUT2D eigenvalue weighted by molar-refractivity contribution is -0.122. The maximum atomic E-state index is 11.8. The molecule has 0 bridgehead atoms. The van der Waals surface area contributed by atoms with Crippen LogP contribution in [-0.2, 0) is 0 Å². The molecule has 0 aliphatic heterocycles. The second-order valence-electron chi connectivity index (χ2n) is 4.87. The van der Waals surface area contributed by atoms with Crippen LogP contribution in [0.1, 0.15) is 27.2 Å². The molecule has 3 N–H and O–H groups in total. The molecule has 0 radical (unpaired) electrons. The van der Waals surface area contributed by atoms with Gasteiger partial charge in [-0.1, -0.05) is 13.8 Å². The number of alkyl halides is 3. The van der Waals surface area contributed by atoms with E-state index in [0.29, 0.717) is 6.42 Å². The third-order valence-corrected chi connectivity index (χ3v) is 2.02. The maximum Gasteiger partial charge on any atom is 0.405 e. The SMILES string of the molecule is CC(O)CC(C)(C)CNC(=O)NCC(F)(F)F. The van der Waals surface area contributed by atoms with Crippen LogP contribution in [0.5, 0.6) is 0 Å². The second kappa shape index (κ2) is 6.09. The molecule has 0 fully saturated rings. The number of carbonyl (C=O) groups excluding carboxylic acids is 1. The van der Waals surface area contributed by atoms with E-state index in [4.69, 9.17) is 0 Å². The van der Waals surface area contributed by atoms with Gasteiger partial charge < -0.3 is 15.7 Å². The predicted octanol–water partition coefficient (Wildman–Crippen LogP) is 1.64. The van der Waals surface area contributed by atoms with Gasteiger partial charge in [0.25, 0.3) is 0 Å². The van der Waals surface area contributed by atoms with Gasteiger partial charge in [0.2, 0.25) is 0 Å². The van der Waals surface area contributed by atoms with Gasteiger partial charge in [0.15, 0.2) is 0 Å². The van der Waals surface area contributed by atoms with E-state index >= 15 is 0 Å². The van der Waals surface area contributed by atoms with Crippen molar-refractivity contribution in [1.29, 1.82) is 0 Å². The Labute approximate surface area is 98.6 Å². The minimum atomic E-state index is -4.41. The molecule has 0 saturated heterocycles. The molecule has 7 heteroatoms. The number of aliphatic hydroxyl groups excluding tert-OH is 1. The molecule has 0 spiro atoms. The molecule has 0 aromatic carbocycles. The molecule has 0 aromatic rings. The largest absolute Gasteiger partial charge is 0.405 e. The first-order chi connectivity index (χ1) is 7.52. The van der Waals surface area contributed by atoms with Crippen LogP contribution in [0.15, 0.2) is 0 Å². The lowest BCUT2D eigenvalue weighted by atomic mass is 9.87. The third-order valence-electron chi connectivity index (χ3n) is 2.02. The maximum absolute atomic E-state index is 11.8. The number of aliphatic hydroxyl groups is 1. The summed E-state index contributed by atoms with van der Waals surface area (Å²) in [4.78, 5) is 11.0. The van der Waals surface area contributed by atoms with Gasteiger partial charge in [0, 0.05) is 6.54 Å². The Bertz CT molecular complexity index is 252. The Morgan fingerprint density at radius 1 is 1.24 bits per heavy atom. The van der Waals surface area contributed by atoms with E-state index in [1.54, 1.807) is 12.2 Å². The summed E-state index contributed by atoms with van der Waals surface area (Å²) < 4.78 is 35.4. The Morgan fingerprint density at radius 3 is 2.12 bits per heavy atom. The van der Waals surface area contributed by atoms with Gasteiger partial charge in [-0.15, -0.1) is 0 Å². The Morgan fingerprint density at radius 2 is 1.71 bits per heavy atom. The van der Waals surface area contributed by atoms with Crippen molar-refractivity contribution in [1.82, 2.24) is 10.6 Å². The zero-order valence-electron chi connectivity index (χ0n) is 10.2. The summed E-state index contributed by atoms with van der Waals surface area (Å²) in [5, 5.41) is 13.2. The monoisotopic (exact) mass is 256 g/mol. The zero-order valence-corrected chi connectivity index (χ0v) is 10.2. The predicted molar refractivity (Wildman–Crippen MR) is 57.5 cm³/mol. The molecule has 0 aliphatic carbocycles. The highest BCUT2D eigenvalue weighted by molar-refractivity contribution is 5.73. The minimum Gasteiger partial charge on any atom is -0.393 e. The van der Waals surface area contributed by atoms with Gasteiger partial charge in [-0.2, -0.15) is 13.2 Å².